The maximum absolute atomic E-state index is 13.6. The molecule has 0 spiro atoms. The molecule has 1 amide bonds. The van der Waals surface area contributed by atoms with Crippen LogP contribution in [0.5, 0.6) is 0 Å². The molecule has 0 radical (unpaired) electrons. The standard InChI is InChI=1S/C20H22FN3O4/c1-22-17-15(6-3-8-23-17)18(26)24-9-7-16(25)20(12-24,19(27)28)11-13-4-2-5-14(21)10-13/h2-6,8,10,16,25H,7,9,11-12H2,1H3,(H,22,23)(H,27,28)/t16-,20-/m1/s1. The fraction of sp³-hybridized carbons (Fsp3) is 0.350. The Morgan fingerprint density at radius 2 is 2.14 bits per heavy atom. The Hall–Kier alpha value is -3.00. The normalized spacial score (nSPS) is 22.0. The number of rotatable bonds is 5. The smallest absolute Gasteiger partial charge is 0.314 e. The van der Waals surface area contributed by atoms with Crippen molar-refractivity contribution in [3.05, 3.63) is 59.5 Å². The second-order valence-electron chi connectivity index (χ2n) is 6.95. The molecule has 2 atom stereocenters. The molecule has 0 saturated carbocycles. The average molecular weight is 387 g/mol. The molecule has 2 heterocycles. The molecule has 148 valence electrons. The number of carbonyl (C=O) groups is 2. The Kier molecular flexibility index (Phi) is 5.60. The topological polar surface area (TPSA) is 103 Å². The first kappa shape index (κ1) is 19.8. The van der Waals surface area contributed by atoms with Crippen LogP contribution in [0, 0.1) is 11.2 Å². The fourth-order valence-corrected chi connectivity index (χ4v) is 3.67. The Morgan fingerprint density at radius 3 is 2.82 bits per heavy atom. The van der Waals surface area contributed by atoms with Crippen LogP contribution in [-0.4, -0.2) is 58.2 Å². The number of anilines is 1. The molecule has 3 N–H and O–H groups in total. The largest absolute Gasteiger partial charge is 0.481 e. The molecule has 3 rings (SSSR count). The van der Waals surface area contributed by atoms with Crippen molar-refractivity contribution in [1.82, 2.24) is 9.88 Å². The zero-order valence-corrected chi connectivity index (χ0v) is 15.4. The number of hydrogen-bond acceptors (Lipinski definition) is 5. The third-order valence-corrected chi connectivity index (χ3v) is 5.18. The van der Waals surface area contributed by atoms with Crippen LogP contribution in [0.15, 0.2) is 42.6 Å². The first-order valence-corrected chi connectivity index (χ1v) is 8.95. The van der Waals surface area contributed by atoms with E-state index in [1.165, 1.54) is 23.1 Å². The second-order valence-corrected chi connectivity index (χ2v) is 6.95. The highest BCUT2D eigenvalue weighted by molar-refractivity contribution is 5.99. The van der Waals surface area contributed by atoms with Crippen molar-refractivity contribution in [2.24, 2.45) is 5.41 Å². The van der Waals surface area contributed by atoms with Gasteiger partial charge in [0.05, 0.1) is 11.7 Å². The predicted molar refractivity (Wildman–Crippen MR) is 100 cm³/mol. The summed E-state index contributed by atoms with van der Waals surface area (Å²) in [4.78, 5) is 30.7. The van der Waals surface area contributed by atoms with E-state index in [0.717, 1.165) is 0 Å². The highest BCUT2D eigenvalue weighted by Crippen LogP contribution is 2.35. The minimum absolute atomic E-state index is 0.0863. The molecule has 7 nitrogen and oxygen atoms in total. The first-order valence-electron chi connectivity index (χ1n) is 8.95. The van der Waals surface area contributed by atoms with Crippen LogP contribution in [-0.2, 0) is 11.2 Å². The Bertz CT molecular complexity index is 891. The third kappa shape index (κ3) is 3.68. The zero-order chi connectivity index (χ0) is 20.3. The lowest BCUT2D eigenvalue weighted by Crippen LogP contribution is -2.58. The molecule has 0 bridgehead atoms. The van der Waals surface area contributed by atoms with Crippen LogP contribution in [0.4, 0.5) is 10.2 Å². The van der Waals surface area contributed by atoms with Gasteiger partial charge in [0.15, 0.2) is 0 Å². The highest BCUT2D eigenvalue weighted by Gasteiger charge is 2.50. The van der Waals surface area contributed by atoms with Gasteiger partial charge in [0.25, 0.3) is 5.91 Å². The molecule has 1 aliphatic heterocycles. The number of carboxylic acids is 1. The van der Waals surface area contributed by atoms with E-state index in [2.05, 4.69) is 10.3 Å². The van der Waals surface area contributed by atoms with Gasteiger partial charge in [0, 0.05) is 26.3 Å². The van der Waals surface area contributed by atoms with Crippen molar-refractivity contribution >= 4 is 17.7 Å². The van der Waals surface area contributed by atoms with E-state index >= 15 is 0 Å². The van der Waals surface area contributed by atoms with E-state index < -0.39 is 23.3 Å². The number of hydrogen-bond donors (Lipinski definition) is 3. The summed E-state index contributed by atoms with van der Waals surface area (Å²) in [6, 6.07) is 8.87. The second kappa shape index (κ2) is 7.93. The molecule has 1 aromatic carbocycles. The van der Waals surface area contributed by atoms with E-state index in [9.17, 15) is 24.2 Å². The van der Waals surface area contributed by atoms with E-state index in [-0.39, 0.29) is 31.8 Å². The van der Waals surface area contributed by atoms with Gasteiger partial charge < -0.3 is 20.4 Å². The highest BCUT2D eigenvalue weighted by atomic mass is 19.1. The van der Waals surface area contributed by atoms with Gasteiger partial charge in [0.1, 0.15) is 17.1 Å². The first-order chi connectivity index (χ1) is 13.4. The number of aromatic nitrogens is 1. The van der Waals surface area contributed by atoms with Gasteiger partial charge in [-0.3, -0.25) is 9.59 Å². The molecule has 28 heavy (non-hydrogen) atoms. The van der Waals surface area contributed by atoms with Gasteiger partial charge in [-0.1, -0.05) is 12.1 Å². The van der Waals surface area contributed by atoms with Crippen molar-refractivity contribution in [3.63, 3.8) is 0 Å². The Labute approximate surface area is 161 Å². The van der Waals surface area contributed by atoms with Gasteiger partial charge in [-0.15, -0.1) is 0 Å². The summed E-state index contributed by atoms with van der Waals surface area (Å²) in [5.41, 5.74) is -0.844. The van der Waals surface area contributed by atoms with E-state index in [0.29, 0.717) is 16.9 Å². The van der Waals surface area contributed by atoms with Crippen molar-refractivity contribution in [3.8, 4) is 0 Å². The number of carbonyl (C=O) groups excluding carboxylic acids is 1. The number of benzene rings is 1. The minimum Gasteiger partial charge on any atom is -0.481 e. The summed E-state index contributed by atoms with van der Waals surface area (Å²) < 4.78 is 13.6. The Morgan fingerprint density at radius 1 is 1.36 bits per heavy atom. The zero-order valence-electron chi connectivity index (χ0n) is 15.4. The van der Waals surface area contributed by atoms with E-state index in [1.54, 1.807) is 31.4 Å². The third-order valence-electron chi connectivity index (χ3n) is 5.18. The summed E-state index contributed by atoms with van der Waals surface area (Å²) in [7, 11) is 1.64. The number of amides is 1. The van der Waals surface area contributed by atoms with Crippen LogP contribution in [0.3, 0.4) is 0 Å². The molecule has 1 aliphatic rings. The number of nitrogens with zero attached hydrogens (tertiary/aromatic N) is 2. The number of carboxylic acid groups (broad SMARTS) is 1. The molecule has 0 unspecified atom stereocenters. The Balaban J connectivity index is 1.92. The lowest BCUT2D eigenvalue weighted by Gasteiger charge is -2.43. The quantitative estimate of drug-likeness (QED) is 0.723. The van der Waals surface area contributed by atoms with Crippen LogP contribution in [0.1, 0.15) is 22.3 Å². The number of piperidine rings is 1. The van der Waals surface area contributed by atoms with Crippen molar-refractivity contribution in [2.75, 3.05) is 25.5 Å². The van der Waals surface area contributed by atoms with Gasteiger partial charge in [-0.25, -0.2) is 9.37 Å². The molecule has 1 saturated heterocycles. The SMILES string of the molecule is CNc1ncccc1C(=O)N1CC[C@@H](O)[C@](Cc2cccc(F)c2)(C(=O)O)C1. The van der Waals surface area contributed by atoms with Gasteiger partial charge >= 0.3 is 5.97 Å². The summed E-state index contributed by atoms with van der Waals surface area (Å²) in [5, 5.41) is 23.3. The predicted octanol–water partition coefficient (Wildman–Crippen LogP) is 1.78. The molecule has 2 aromatic rings. The van der Waals surface area contributed by atoms with E-state index in [1.807, 2.05) is 0 Å². The summed E-state index contributed by atoms with van der Waals surface area (Å²) in [5.74, 6) is -1.68. The van der Waals surface area contributed by atoms with Gasteiger partial charge in [-0.05, 0) is 42.7 Å². The van der Waals surface area contributed by atoms with Crippen LogP contribution in [0.25, 0.3) is 0 Å². The van der Waals surface area contributed by atoms with Crippen LogP contribution < -0.4 is 5.32 Å². The van der Waals surface area contributed by atoms with Crippen LogP contribution in [0.2, 0.25) is 0 Å². The number of halogens is 1. The lowest BCUT2D eigenvalue weighted by atomic mass is 9.72. The average Bonchev–Trinajstić information content (AvgIpc) is 2.69. The van der Waals surface area contributed by atoms with E-state index in [4.69, 9.17) is 0 Å². The molecule has 8 heteroatoms. The van der Waals surface area contributed by atoms with Gasteiger partial charge in [-0.2, -0.15) is 0 Å². The molecule has 1 fully saturated rings. The van der Waals surface area contributed by atoms with Crippen molar-refractivity contribution in [1.29, 1.82) is 0 Å². The number of nitrogens with one attached hydrogen (secondary N) is 1. The number of aliphatic hydroxyl groups excluding tert-OH is 1. The molecular weight excluding hydrogens is 365 g/mol. The minimum atomic E-state index is -1.62. The number of aliphatic carboxylic acids is 1. The maximum atomic E-state index is 13.6. The maximum Gasteiger partial charge on any atom is 0.314 e. The summed E-state index contributed by atoms with van der Waals surface area (Å²) in [6.07, 6.45) is 0.419. The molecule has 1 aromatic heterocycles. The monoisotopic (exact) mass is 387 g/mol. The summed E-state index contributed by atoms with van der Waals surface area (Å²) in [6.45, 7) is 0.0348. The molecule has 0 aliphatic carbocycles. The van der Waals surface area contributed by atoms with Gasteiger partial charge in [0.2, 0.25) is 0 Å². The number of pyridine rings is 1. The number of likely N-dealkylation sites (tertiary alicyclic amines) is 1. The lowest BCUT2D eigenvalue weighted by molar-refractivity contribution is -0.161. The molecular formula is C20H22FN3O4. The van der Waals surface area contributed by atoms with Crippen LogP contribution >= 0.6 is 0 Å². The number of aliphatic hydroxyl groups is 1. The van der Waals surface area contributed by atoms with Crippen molar-refractivity contribution < 1.29 is 24.2 Å². The van der Waals surface area contributed by atoms with Crippen molar-refractivity contribution in [2.45, 2.75) is 18.9 Å². The summed E-state index contributed by atoms with van der Waals surface area (Å²) >= 11 is 0. The fourth-order valence-electron chi connectivity index (χ4n) is 3.67.